The van der Waals surface area contributed by atoms with Crippen molar-refractivity contribution in [2.24, 2.45) is 29.6 Å². The van der Waals surface area contributed by atoms with Crippen LogP contribution < -0.4 is 5.32 Å². The normalized spacial score (nSPS) is 48.6. The summed E-state index contributed by atoms with van der Waals surface area (Å²) in [6.07, 6.45) is 6.29. The van der Waals surface area contributed by atoms with Crippen LogP contribution in [0.1, 0.15) is 51.9 Å². The molecule has 0 spiro atoms. The van der Waals surface area contributed by atoms with Gasteiger partial charge in [0.1, 0.15) is 5.57 Å². The van der Waals surface area contributed by atoms with Gasteiger partial charge in [0, 0.05) is 25.1 Å². The van der Waals surface area contributed by atoms with Gasteiger partial charge in [0.05, 0.1) is 24.7 Å². The van der Waals surface area contributed by atoms with Gasteiger partial charge in [-0.3, -0.25) is 4.79 Å². The van der Waals surface area contributed by atoms with Crippen LogP contribution in [0.3, 0.4) is 0 Å². The second-order valence-corrected chi connectivity index (χ2v) is 10.0. The summed E-state index contributed by atoms with van der Waals surface area (Å²) in [5.74, 6) is -0.448. The summed E-state index contributed by atoms with van der Waals surface area (Å²) in [7, 11) is 2.99. The summed E-state index contributed by atoms with van der Waals surface area (Å²) in [5.41, 5.74) is -0.205. The second kappa shape index (κ2) is 6.89. The first-order valence-electron chi connectivity index (χ1n) is 11.3. The molecule has 5 rings (SSSR count). The lowest BCUT2D eigenvalue weighted by atomic mass is 9.60. The van der Waals surface area contributed by atoms with E-state index in [1.807, 2.05) is 0 Å². The van der Waals surface area contributed by atoms with Crippen LogP contribution in [0, 0.1) is 29.6 Å². The summed E-state index contributed by atoms with van der Waals surface area (Å²) in [6, 6.07) is 0.685. The first-order valence-corrected chi connectivity index (χ1v) is 11.3. The third kappa shape index (κ3) is 2.64. The van der Waals surface area contributed by atoms with Crippen LogP contribution in [0.25, 0.3) is 0 Å². The number of aliphatic hydroxyl groups is 1. The highest BCUT2D eigenvalue weighted by atomic mass is 16.5. The van der Waals surface area contributed by atoms with Crippen LogP contribution >= 0.6 is 0 Å². The van der Waals surface area contributed by atoms with E-state index in [9.17, 15) is 14.7 Å². The molecule has 0 radical (unpaired) electrons. The van der Waals surface area contributed by atoms with E-state index in [2.05, 4.69) is 12.2 Å². The Labute approximate surface area is 172 Å². The molecule has 5 aliphatic rings. The Bertz CT molecular complexity index is 762. The number of rotatable bonds is 2. The van der Waals surface area contributed by atoms with Crippen molar-refractivity contribution >= 4 is 11.8 Å². The van der Waals surface area contributed by atoms with Gasteiger partial charge in [0.25, 0.3) is 0 Å². The summed E-state index contributed by atoms with van der Waals surface area (Å²) in [5, 5.41) is 15.8. The topological polar surface area (TPSA) is 84.9 Å². The SMILES string of the molecule is COC(=O)C1=C2C([C@H]3C[C@@H]4N[C@@H](C)CC[C@@H]4[C@]2(O)C3)[C@@H]2CCC[C@H](OC)[C@H]2C1=O. The molecule has 3 saturated carbocycles. The van der Waals surface area contributed by atoms with E-state index in [0.717, 1.165) is 44.1 Å². The summed E-state index contributed by atoms with van der Waals surface area (Å²) >= 11 is 0. The van der Waals surface area contributed by atoms with Crippen molar-refractivity contribution in [2.75, 3.05) is 14.2 Å². The minimum atomic E-state index is -1.07. The van der Waals surface area contributed by atoms with Crippen LogP contribution in [0.15, 0.2) is 11.1 Å². The maximum absolute atomic E-state index is 13.6. The number of ether oxygens (including phenoxy) is 2. The molecule has 0 aromatic rings. The number of methoxy groups -OCH3 is 2. The van der Waals surface area contributed by atoms with Gasteiger partial charge in [-0.05, 0) is 68.8 Å². The lowest BCUT2D eigenvalue weighted by Gasteiger charge is -2.48. The Morgan fingerprint density at radius 2 is 1.97 bits per heavy atom. The zero-order valence-corrected chi connectivity index (χ0v) is 17.6. The van der Waals surface area contributed by atoms with E-state index < -0.39 is 11.6 Å². The van der Waals surface area contributed by atoms with Crippen molar-refractivity contribution in [1.82, 2.24) is 5.32 Å². The van der Waals surface area contributed by atoms with Gasteiger partial charge in [0.2, 0.25) is 0 Å². The standard InChI is InChI=1S/C23H33NO5/c1-11-7-8-14-15(24-11)9-12-10-23(14,27)20-17(12)13-5-4-6-16(28-2)18(13)21(25)19(20)22(26)29-3/h11-18,24,27H,4-10H2,1-3H3/t11-,12-,13-,14-,15-,16-,17?,18-,23+/m0/s1. The molecule has 4 aliphatic carbocycles. The molecule has 4 fully saturated rings. The first-order chi connectivity index (χ1) is 13.9. The lowest BCUT2D eigenvalue weighted by molar-refractivity contribution is -0.142. The van der Waals surface area contributed by atoms with Gasteiger partial charge in [-0.25, -0.2) is 4.79 Å². The Hall–Kier alpha value is -1.24. The maximum Gasteiger partial charge on any atom is 0.341 e. The molecule has 1 heterocycles. The predicted octanol–water partition coefficient (Wildman–Crippen LogP) is 2.00. The van der Waals surface area contributed by atoms with Gasteiger partial charge >= 0.3 is 5.97 Å². The summed E-state index contributed by atoms with van der Waals surface area (Å²) in [6.45, 7) is 2.20. The van der Waals surface area contributed by atoms with Crippen molar-refractivity contribution in [1.29, 1.82) is 0 Å². The first kappa shape index (κ1) is 19.7. The molecule has 1 saturated heterocycles. The number of esters is 1. The largest absolute Gasteiger partial charge is 0.465 e. The van der Waals surface area contributed by atoms with Crippen LogP contribution in [0.4, 0.5) is 0 Å². The van der Waals surface area contributed by atoms with E-state index in [1.54, 1.807) is 7.11 Å². The molecular weight excluding hydrogens is 370 g/mol. The zero-order valence-electron chi connectivity index (χ0n) is 17.6. The number of carbonyl (C=O) groups excluding carboxylic acids is 2. The maximum atomic E-state index is 13.6. The van der Waals surface area contributed by atoms with Gasteiger partial charge < -0.3 is 19.9 Å². The third-order valence-corrected chi connectivity index (χ3v) is 8.81. The van der Waals surface area contributed by atoms with Crippen LogP contribution in [-0.4, -0.2) is 54.9 Å². The number of ketones is 1. The number of hydrogen-bond acceptors (Lipinski definition) is 6. The van der Waals surface area contributed by atoms with Crippen molar-refractivity contribution in [2.45, 2.75) is 75.7 Å². The summed E-state index contributed by atoms with van der Waals surface area (Å²) < 4.78 is 10.8. The molecule has 0 amide bonds. The molecule has 2 bridgehead atoms. The zero-order chi connectivity index (χ0) is 20.5. The molecule has 0 aromatic carbocycles. The average molecular weight is 404 g/mol. The highest BCUT2D eigenvalue weighted by molar-refractivity contribution is 6.20. The number of Topliss-reactive ketones (excluding diaryl/α,β-unsaturated/α-hetero) is 1. The Kier molecular flexibility index (Phi) is 4.68. The highest BCUT2D eigenvalue weighted by Crippen LogP contribution is 2.64. The van der Waals surface area contributed by atoms with Crippen LogP contribution in [0.5, 0.6) is 0 Å². The van der Waals surface area contributed by atoms with Crippen molar-refractivity contribution in [3.63, 3.8) is 0 Å². The molecular formula is C23H33NO5. The molecule has 6 nitrogen and oxygen atoms in total. The fourth-order valence-electron chi connectivity index (χ4n) is 7.85. The van der Waals surface area contributed by atoms with Crippen molar-refractivity contribution < 1.29 is 24.2 Å². The average Bonchev–Trinajstić information content (AvgIpc) is 2.95. The minimum absolute atomic E-state index is 0.0563. The predicted molar refractivity (Wildman–Crippen MR) is 106 cm³/mol. The molecule has 6 heteroatoms. The van der Waals surface area contributed by atoms with Crippen LogP contribution in [0.2, 0.25) is 0 Å². The Morgan fingerprint density at radius 3 is 2.69 bits per heavy atom. The number of carbonyl (C=O) groups is 2. The number of nitrogens with one attached hydrogen (secondary N) is 1. The number of hydrogen-bond donors (Lipinski definition) is 2. The fraction of sp³-hybridized carbons (Fsp3) is 0.826. The Balaban J connectivity index is 1.67. The summed E-state index contributed by atoms with van der Waals surface area (Å²) in [4.78, 5) is 26.5. The van der Waals surface area contributed by atoms with E-state index in [-0.39, 0.29) is 47.2 Å². The monoisotopic (exact) mass is 403 g/mol. The second-order valence-electron chi connectivity index (χ2n) is 10.0. The van der Waals surface area contributed by atoms with E-state index in [0.29, 0.717) is 18.4 Å². The lowest BCUT2D eigenvalue weighted by Crippen LogP contribution is -2.57. The van der Waals surface area contributed by atoms with Crippen LogP contribution in [-0.2, 0) is 19.1 Å². The van der Waals surface area contributed by atoms with Gasteiger partial charge in [0.15, 0.2) is 5.78 Å². The van der Waals surface area contributed by atoms with Crippen molar-refractivity contribution in [3.8, 4) is 0 Å². The third-order valence-electron chi connectivity index (χ3n) is 8.81. The fourth-order valence-corrected chi connectivity index (χ4v) is 7.85. The quantitative estimate of drug-likeness (QED) is 0.542. The van der Waals surface area contributed by atoms with Gasteiger partial charge in [-0.1, -0.05) is 6.42 Å². The molecule has 0 aromatic heterocycles. The van der Waals surface area contributed by atoms with E-state index >= 15 is 0 Å². The van der Waals surface area contributed by atoms with Gasteiger partial charge in [-0.15, -0.1) is 0 Å². The smallest absolute Gasteiger partial charge is 0.341 e. The minimum Gasteiger partial charge on any atom is -0.465 e. The molecule has 29 heavy (non-hydrogen) atoms. The molecule has 2 N–H and O–H groups in total. The molecule has 9 atom stereocenters. The van der Waals surface area contributed by atoms with Crippen molar-refractivity contribution in [3.05, 3.63) is 11.1 Å². The van der Waals surface area contributed by atoms with E-state index in [1.165, 1.54) is 7.11 Å². The molecule has 160 valence electrons. The Morgan fingerprint density at radius 1 is 1.17 bits per heavy atom. The number of fused-ring (bicyclic) bond motifs is 9. The highest BCUT2D eigenvalue weighted by Gasteiger charge is 2.66. The molecule has 1 unspecified atom stereocenters. The van der Waals surface area contributed by atoms with Gasteiger partial charge in [-0.2, -0.15) is 0 Å². The number of piperidine rings is 1. The molecule has 1 aliphatic heterocycles. The van der Waals surface area contributed by atoms with E-state index in [4.69, 9.17) is 9.47 Å².